The molecule has 0 saturated heterocycles. The zero-order valence-corrected chi connectivity index (χ0v) is 23.3. The summed E-state index contributed by atoms with van der Waals surface area (Å²) in [5, 5.41) is 18.6. The summed E-state index contributed by atoms with van der Waals surface area (Å²) < 4.78 is 39.6. The Morgan fingerprint density at radius 2 is 1.93 bits per heavy atom. The molecule has 4 aromatic rings. The Morgan fingerprint density at radius 3 is 2.50 bits per heavy atom. The smallest absolute Gasteiger partial charge is 0.335 e. The van der Waals surface area contributed by atoms with Crippen LogP contribution in [0.15, 0.2) is 41.7 Å². The predicted molar refractivity (Wildman–Crippen MR) is 145 cm³/mol. The quantitative estimate of drug-likeness (QED) is 0.283. The van der Waals surface area contributed by atoms with Crippen LogP contribution < -0.4 is 5.73 Å². The second kappa shape index (κ2) is 10.6. The normalized spacial score (nSPS) is 19.7. The highest BCUT2D eigenvalue weighted by molar-refractivity contribution is 7.91. The van der Waals surface area contributed by atoms with Gasteiger partial charge in [-0.3, -0.25) is 9.67 Å². The number of fused-ring (bicyclic) bond motifs is 1. The third-order valence-corrected chi connectivity index (χ3v) is 8.48. The van der Waals surface area contributed by atoms with E-state index < -0.39 is 21.4 Å². The number of anilines is 1. The lowest BCUT2D eigenvalue weighted by atomic mass is 9.77. The van der Waals surface area contributed by atoms with E-state index in [1.165, 1.54) is 11.6 Å². The molecule has 0 aliphatic heterocycles. The first-order chi connectivity index (χ1) is 19.0. The van der Waals surface area contributed by atoms with Gasteiger partial charge in [-0.1, -0.05) is 6.07 Å². The maximum Gasteiger partial charge on any atom is 0.335 e. The van der Waals surface area contributed by atoms with E-state index in [-0.39, 0.29) is 42.7 Å². The molecule has 1 saturated carbocycles. The molecule has 4 aromatic heterocycles. The van der Waals surface area contributed by atoms with Gasteiger partial charge in [-0.05, 0) is 37.8 Å². The Hall–Kier alpha value is -3.88. The molecule has 0 spiro atoms. The van der Waals surface area contributed by atoms with Gasteiger partial charge in [0.05, 0.1) is 30.8 Å². The number of rotatable bonds is 9. The van der Waals surface area contributed by atoms with Gasteiger partial charge in [-0.15, -0.1) is 0 Å². The monoisotopic (exact) mass is 569 g/mol. The second-order valence-electron chi connectivity index (χ2n) is 10.00. The molecule has 0 unspecified atom stereocenters. The number of hydrogen-bond donors (Lipinski definition) is 2. The first-order valence-corrected chi connectivity index (χ1v) is 14.6. The summed E-state index contributed by atoms with van der Waals surface area (Å²) in [6.07, 6.45) is 7.27. The molecule has 0 amide bonds. The fourth-order valence-electron chi connectivity index (χ4n) is 5.23. The molecule has 14 heteroatoms. The van der Waals surface area contributed by atoms with Crippen molar-refractivity contribution in [2.24, 2.45) is 7.05 Å². The van der Waals surface area contributed by atoms with Gasteiger partial charge in [-0.25, -0.2) is 18.2 Å². The molecular formula is C26H31N7O6S. The predicted octanol–water partition coefficient (Wildman–Crippen LogP) is 2.32. The van der Waals surface area contributed by atoms with Crippen molar-refractivity contribution in [1.29, 1.82) is 0 Å². The van der Waals surface area contributed by atoms with Gasteiger partial charge < -0.3 is 20.3 Å². The van der Waals surface area contributed by atoms with Crippen LogP contribution in [0.2, 0.25) is 0 Å². The molecule has 40 heavy (non-hydrogen) atoms. The number of aryl methyl sites for hydroxylation is 1. The number of carboxylic acid groups (broad SMARTS) is 1. The van der Waals surface area contributed by atoms with E-state index in [1.807, 2.05) is 31.4 Å². The molecule has 3 N–H and O–H groups in total. The molecule has 0 aromatic carbocycles. The SMILES string of the molecule is COCCO[C@]1(C(=O)O)CC[C@H](c2nc3c(-c4ccc(-c5ccn(C)n5)nc4)cnn3c(N)c2S(C)(=O)=O)CC1. The first kappa shape index (κ1) is 27.7. The van der Waals surface area contributed by atoms with Crippen molar-refractivity contribution in [1.82, 2.24) is 29.4 Å². The lowest BCUT2D eigenvalue weighted by molar-refractivity contribution is -0.173. The van der Waals surface area contributed by atoms with Crippen LogP contribution in [0, 0.1) is 0 Å². The number of sulfone groups is 1. The Balaban J connectivity index is 1.53. The Labute approximate surface area is 230 Å². The average molecular weight is 570 g/mol. The number of aromatic nitrogens is 6. The van der Waals surface area contributed by atoms with E-state index in [4.69, 9.17) is 20.2 Å². The van der Waals surface area contributed by atoms with Crippen molar-refractivity contribution in [3.63, 3.8) is 0 Å². The van der Waals surface area contributed by atoms with Gasteiger partial charge >= 0.3 is 5.97 Å². The standard InChI is InChI=1S/C26H31N7O6S/c1-32-11-8-20(31-32)19-5-4-17(14-28-19)18-15-29-33-23(27)22(40(3,36)37)21(30-24(18)33)16-6-9-26(10-7-16,25(34)35)39-13-12-38-2/h4-5,8,11,14-16H,6-7,9-10,12-13,27H2,1-3H3,(H,34,35)/t16-,26+. The number of carbonyl (C=O) groups is 1. The Morgan fingerprint density at radius 1 is 1.18 bits per heavy atom. The van der Waals surface area contributed by atoms with Gasteiger partial charge in [0.15, 0.2) is 21.1 Å². The summed E-state index contributed by atoms with van der Waals surface area (Å²) in [5.41, 5.74) is 8.53. The molecule has 0 radical (unpaired) electrons. The lowest BCUT2D eigenvalue weighted by Gasteiger charge is -2.36. The van der Waals surface area contributed by atoms with Crippen molar-refractivity contribution >= 4 is 27.3 Å². The van der Waals surface area contributed by atoms with Crippen LogP contribution in [0.4, 0.5) is 5.82 Å². The van der Waals surface area contributed by atoms with Crippen LogP contribution in [0.1, 0.15) is 37.3 Å². The van der Waals surface area contributed by atoms with Crippen molar-refractivity contribution < 1.29 is 27.8 Å². The lowest BCUT2D eigenvalue weighted by Crippen LogP contribution is -2.45. The zero-order valence-electron chi connectivity index (χ0n) is 22.4. The molecule has 0 atom stereocenters. The Kier molecular flexibility index (Phi) is 7.33. The van der Waals surface area contributed by atoms with Gasteiger partial charge in [0, 0.05) is 49.9 Å². The third kappa shape index (κ3) is 5.05. The van der Waals surface area contributed by atoms with E-state index in [2.05, 4.69) is 15.2 Å². The molecule has 1 aliphatic carbocycles. The number of hydrogen-bond acceptors (Lipinski definition) is 10. The number of carboxylic acids is 1. The Bertz CT molecular complexity index is 1650. The number of pyridine rings is 1. The van der Waals surface area contributed by atoms with Crippen molar-refractivity contribution in [3.05, 3.63) is 42.5 Å². The summed E-state index contributed by atoms with van der Waals surface area (Å²) in [6, 6.07) is 5.58. The number of ether oxygens (including phenoxy) is 2. The van der Waals surface area contributed by atoms with Crippen LogP contribution in [0.5, 0.6) is 0 Å². The first-order valence-electron chi connectivity index (χ1n) is 12.7. The second-order valence-corrected chi connectivity index (χ2v) is 12.0. The minimum absolute atomic E-state index is 0.0433. The molecule has 4 heterocycles. The number of aliphatic carboxylic acids is 1. The summed E-state index contributed by atoms with van der Waals surface area (Å²) in [5.74, 6) is -1.44. The number of nitrogen functional groups attached to an aromatic ring is 1. The molecule has 1 fully saturated rings. The molecule has 13 nitrogen and oxygen atoms in total. The average Bonchev–Trinajstić information content (AvgIpc) is 3.55. The number of methoxy groups -OCH3 is 1. The van der Waals surface area contributed by atoms with Crippen LogP contribution >= 0.6 is 0 Å². The molecule has 1 aliphatic rings. The molecule has 212 valence electrons. The van der Waals surface area contributed by atoms with Crippen molar-refractivity contribution in [2.45, 2.75) is 42.1 Å². The highest BCUT2D eigenvalue weighted by Crippen LogP contribution is 2.43. The fraction of sp³-hybridized carbons (Fsp3) is 0.423. The summed E-state index contributed by atoms with van der Waals surface area (Å²) >= 11 is 0. The van der Waals surface area contributed by atoms with Gasteiger partial charge in [0.1, 0.15) is 16.4 Å². The van der Waals surface area contributed by atoms with Crippen molar-refractivity contribution in [3.8, 4) is 22.5 Å². The molecule has 0 bridgehead atoms. The van der Waals surface area contributed by atoms with Gasteiger partial charge in [-0.2, -0.15) is 14.7 Å². The zero-order chi connectivity index (χ0) is 28.7. The number of nitrogens with zero attached hydrogens (tertiary/aromatic N) is 6. The maximum atomic E-state index is 12.9. The highest BCUT2D eigenvalue weighted by atomic mass is 32.2. The van der Waals surface area contributed by atoms with Crippen LogP contribution in [0.25, 0.3) is 28.2 Å². The summed E-state index contributed by atoms with van der Waals surface area (Å²) in [4.78, 5) is 21.4. The largest absolute Gasteiger partial charge is 0.479 e. The van der Waals surface area contributed by atoms with E-state index >= 15 is 0 Å². The van der Waals surface area contributed by atoms with Gasteiger partial charge in [0.25, 0.3) is 0 Å². The minimum atomic E-state index is -3.79. The van der Waals surface area contributed by atoms with Crippen LogP contribution in [-0.4, -0.2) is 81.0 Å². The minimum Gasteiger partial charge on any atom is -0.479 e. The van der Waals surface area contributed by atoms with Crippen LogP contribution in [-0.2, 0) is 31.2 Å². The summed E-state index contributed by atoms with van der Waals surface area (Å²) in [7, 11) is -0.444. The number of nitrogens with two attached hydrogens (primary N) is 1. The van der Waals surface area contributed by atoms with E-state index in [0.717, 1.165) is 17.5 Å². The highest BCUT2D eigenvalue weighted by Gasteiger charge is 2.44. The molecule has 5 rings (SSSR count). The van der Waals surface area contributed by atoms with E-state index in [9.17, 15) is 18.3 Å². The van der Waals surface area contributed by atoms with Crippen LogP contribution in [0.3, 0.4) is 0 Å². The third-order valence-electron chi connectivity index (χ3n) is 7.32. The summed E-state index contributed by atoms with van der Waals surface area (Å²) in [6.45, 7) is 0.415. The van der Waals surface area contributed by atoms with Crippen molar-refractivity contribution in [2.75, 3.05) is 32.3 Å². The molecular weight excluding hydrogens is 538 g/mol. The van der Waals surface area contributed by atoms with Gasteiger partial charge in [0.2, 0.25) is 0 Å². The maximum absolute atomic E-state index is 12.9. The van der Waals surface area contributed by atoms with E-state index in [0.29, 0.717) is 35.4 Å². The van der Waals surface area contributed by atoms with E-state index in [1.54, 1.807) is 17.1 Å². The topological polar surface area (TPSA) is 177 Å². The fourth-order valence-corrected chi connectivity index (χ4v) is 6.29.